The Morgan fingerprint density at radius 1 is 1.23 bits per heavy atom. The fraction of sp³-hybridized carbons (Fsp3) is 0.421. The van der Waals surface area contributed by atoms with Crippen molar-refractivity contribution in [3.63, 3.8) is 0 Å². The molecule has 0 aromatic carbocycles. The maximum atomic E-state index is 14.2. The molecule has 0 radical (unpaired) electrons. The number of allylic oxidation sites excluding steroid dienone is 6. The average Bonchev–Trinajstić information content (AvgIpc) is 3.25. The van der Waals surface area contributed by atoms with Gasteiger partial charge in [-0.25, -0.2) is 4.79 Å². The summed E-state index contributed by atoms with van der Waals surface area (Å²) in [6.45, 7) is 6.57. The summed E-state index contributed by atoms with van der Waals surface area (Å²) >= 11 is 0. The van der Waals surface area contributed by atoms with Crippen LogP contribution in [0.1, 0.15) is 9.78 Å². The lowest BCUT2D eigenvalue weighted by atomic mass is 10.0. The van der Waals surface area contributed by atoms with Crippen LogP contribution in [0.3, 0.4) is 0 Å². The standard InChI is InChI=1S/C19H22F4N2O.2H2/c1-4-6-13(5-2)18(20,21)10-24-17(26)25-11-19(22,23)14-7-8-15-12(3)16(15)9-14;;/h4-9,12,15-16H,1-2,10-11H2,3H3,(H2,24,25,26);2*1H/b13-6+;;. The van der Waals surface area contributed by atoms with Crippen molar-refractivity contribution in [1.29, 1.82) is 0 Å². The highest BCUT2D eigenvalue weighted by Crippen LogP contribution is 2.52. The van der Waals surface area contributed by atoms with Crippen LogP contribution in [0.15, 0.2) is 60.8 Å². The van der Waals surface area contributed by atoms with Crippen molar-refractivity contribution in [2.24, 2.45) is 17.8 Å². The van der Waals surface area contributed by atoms with Crippen LogP contribution in [0.2, 0.25) is 0 Å². The van der Waals surface area contributed by atoms with Crippen molar-refractivity contribution in [2.45, 2.75) is 18.8 Å². The van der Waals surface area contributed by atoms with E-state index in [4.69, 9.17) is 0 Å². The van der Waals surface area contributed by atoms with Gasteiger partial charge in [-0.1, -0.05) is 56.5 Å². The summed E-state index contributed by atoms with van der Waals surface area (Å²) < 4.78 is 56.2. The third-order valence-corrected chi connectivity index (χ3v) is 4.69. The minimum absolute atomic E-state index is 0. The van der Waals surface area contributed by atoms with Gasteiger partial charge in [-0.05, 0) is 17.8 Å². The van der Waals surface area contributed by atoms with Crippen molar-refractivity contribution >= 4 is 6.03 Å². The Hall–Kier alpha value is -2.31. The summed E-state index contributed by atoms with van der Waals surface area (Å²) in [7, 11) is 0. The van der Waals surface area contributed by atoms with Crippen LogP contribution in [0.5, 0.6) is 0 Å². The minimum Gasteiger partial charge on any atom is -0.332 e. The van der Waals surface area contributed by atoms with E-state index in [9.17, 15) is 22.4 Å². The molecule has 0 aromatic heterocycles. The zero-order valence-electron chi connectivity index (χ0n) is 14.4. The molecule has 0 bridgehead atoms. The second-order valence-corrected chi connectivity index (χ2v) is 6.50. The van der Waals surface area contributed by atoms with E-state index in [-0.39, 0.29) is 14.3 Å². The lowest BCUT2D eigenvalue weighted by Crippen LogP contribution is -2.46. The summed E-state index contributed by atoms with van der Waals surface area (Å²) in [5.41, 5.74) is -0.583. The largest absolute Gasteiger partial charge is 0.332 e. The van der Waals surface area contributed by atoms with Crippen molar-refractivity contribution < 1.29 is 25.2 Å². The molecule has 146 valence electrons. The van der Waals surface area contributed by atoms with Gasteiger partial charge >= 0.3 is 6.03 Å². The number of hydrogen-bond donors (Lipinski definition) is 2. The molecule has 2 amide bonds. The maximum Gasteiger partial charge on any atom is 0.315 e. The molecular formula is C19H26F4N2O. The molecule has 3 nitrogen and oxygen atoms in total. The number of urea groups is 1. The minimum atomic E-state index is -3.39. The van der Waals surface area contributed by atoms with E-state index in [1.807, 2.05) is 17.6 Å². The van der Waals surface area contributed by atoms with Crippen LogP contribution < -0.4 is 10.6 Å². The number of fused-ring (bicyclic) bond motifs is 1. The van der Waals surface area contributed by atoms with Gasteiger partial charge in [-0.15, -0.1) is 0 Å². The molecule has 2 aliphatic rings. The van der Waals surface area contributed by atoms with Gasteiger partial charge in [-0.2, -0.15) is 17.6 Å². The number of amides is 2. The third kappa shape index (κ3) is 4.45. The summed E-state index contributed by atoms with van der Waals surface area (Å²) in [5.74, 6) is -5.88. The molecule has 0 aliphatic heterocycles. The van der Waals surface area contributed by atoms with Gasteiger partial charge in [-0.3, -0.25) is 0 Å². The summed E-state index contributed by atoms with van der Waals surface area (Å²) in [5, 5.41) is 3.85. The van der Waals surface area contributed by atoms with E-state index in [0.29, 0.717) is 11.8 Å². The number of nitrogens with one attached hydrogen (secondary N) is 2. The van der Waals surface area contributed by atoms with Gasteiger partial charge in [0.1, 0.15) is 0 Å². The monoisotopic (exact) mass is 374 g/mol. The first-order chi connectivity index (χ1) is 12.1. The zero-order chi connectivity index (χ0) is 19.5. The number of rotatable bonds is 8. The molecule has 0 saturated heterocycles. The lowest BCUT2D eigenvalue weighted by Gasteiger charge is -2.21. The van der Waals surface area contributed by atoms with Gasteiger partial charge in [0.2, 0.25) is 0 Å². The Kier molecular flexibility index (Phi) is 5.78. The second kappa shape index (κ2) is 7.51. The van der Waals surface area contributed by atoms with Gasteiger partial charge in [0.15, 0.2) is 0 Å². The van der Waals surface area contributed by atoms with Crippen molar-refractivity contribution in [3.8, 4) is 0 Å². The van der Waals surface area contributed by atoms with Crippen LogP contribution in [-0.4, -0.2) is 31.0 Å². The predicted molar refractivity (Wildman–Crippen MR) is 97.4 cm³/mol. The number of carbonyl (C=O) groups excluding carboxylic acids is 1. The van der Waals surface area contributed by atoms with Crippen LogP contribution in [-0.2, 0) is 0 Å². The normalized spacial score (nSPS) is 25.0. The third-order valence-electron chi connectivity index (χ3n) is 4.69. The molecule has 0 spiro atoms. The molecule has 1 fully saturated rings. The van der Waals surface area contributed by atoms with Crippen LogP contribution in [0.25, 0.3) is 0 Å². The Morgan fingerprint density at radius 3 is 2.46 bits per heavy atom. The number of halogens is 4. The van der Waals surface area contributed by atoms with E-state index >= 15 is 0 Å². The molecule has 2 N–H and O–H groups in total. The van der Waals surface area contributed by atoms with E-state index in [0.717, 1.165) is 12.2 Å². The van der Waals surface area contributed by atoms with Crippen molar-refractivity contribution in [1.82, 2.24) is 10.6 Å². The second-order valence-electron chi connectivity index (χ2n) is 6.50. The van der Waals surface area contributed by atoms with Gasteiger partial charge in [0, 0.05) is 14.0 Å². The zero-order valence-corrected chi connectivity index (χ0v) is 14.4. The van der Waals surface area contributed by atoms with E-state index < -0.39 is 36.5 Å². The number of hydrogen-bond acceptors (Lipinski definition) is 1. The molecule has 2 aliphatic carbocycles. The fourth-order valence-electron chi connectivity index (χ4n) is 2.93. The fourth-order valence-corrected chi connectivity index (χ4v) is 2.93. The predicted octanol–water partition coefficient (Wildman–Crippen LogP) is 4.72. The lowest BCUT2D eigenvalue weighted by molar-refractivity contribution is 0.0426. The molecule has 7 heteroatoms. The SMILES string of the molecule is C=C/C=C(\C=C)C(F)(F)CNC(=O)NCC(F)(F)C1=CC2C(C)C2C=C1.[HH].[HH]. The number of alkyl halides is 4. The quantitative estimate of drug-likeness (QED) is 0.468. The molecule has 0 heterocycles. The molecule has 0 aromatic rings. The molecule has 1 saturated carbocycles. The van der Waals surface area contributed by atoms with E-state index in [1.165, 1.54) is 18.2 Å². The highest BCUT2D eigenvalue weighted by Gasteiger charge is 2.47. The molecule has 3 unspecified atom stereocenters. The smallest absolute Gasteiger partial charge is 0.315 e. The van der Waals surface area contributed by atoms with Crippen LogP contribution >= 0.6 is 0 Å². The molecule has 2 rings (SSSR count). The van der Waals surface area contributed by atoms with Crippen molar-refractivity contribution in [3.05, 3.63) is 60.8 Å². The summed E-state index contributed by atoms with van der Waals surface area (Å²) in [6, 6.07) is -1.09. The number of carbonyl (C=O) groups is 1. The molecule has 26 heavy (non-hydrogen) atoms. The Labute approximate surface area is 153 Å². The Bertz CT molecular complexity index is 689. The Morgan fingerprint density at radius 2 is 1.88 bits per heavy atom. The van der Waals surface area contributed by atoms with Gasteiger partial charge in [0.05, 0.1) is 13.1 Å². The average molecular weight is 374 g/mol. The van der Waals surface area contributed by atoms with E-state index in [1.54, 1.807) is 6.08 Å². The topological polar surface area (TPSA) is 41.1 Å². The van der Waals surface area contributed by atoms with Gasteiger partial charge < -0.3 is 10.6 Å². The molecule has 3 atom stereocenters. The van der Waals surface area contributed by atoms with Crippen molar-refractivity contribution in [2.75, 3.05) is 13.1 Å². The Balaban J connectivity index is 0.00000364. The van der Waals surface area contributed by atoms with Crippen LogP contribution in [0.4, 0.5) is 22.4 Å². The molecular weight excluding hydrogens is 348 g/mol. The first-order valence-electron chi connectivity index (χ1n) is 8.26. The summed E-state index contributed by atoms with van der Waals surface area (Å²) in [4.78, 5) is 11.6. The summed E-state index contributed by atoms with van der Waals surface area (Å²) in [6.07, 6.45) is 7.83. The highest BCUT2D eigenvalue weighted by molar-refractivity contribution is 5.74. The van der Waals surface area contributed by atoms with Gasteiger partial charge in [0.25, 0.3) is 11.8 Å². The van der Waals surface area contributed by atoms with Crippen LogP contribution in [0, 0.1) is 17.8 Å². The highest BCUT2D eigenvalue weighted by atomic mass is 19.3. The maximum absolute atomic E-state index is 14.2. The van der Waals surface area contributed by atoms with E-state index in [2.05, 4.69) is 13.2 Å². The first kappa shape index (κ1) is 20.0. The first-order valence-corrected chi connectivity index (χ1v) is 8.26.